The van der Waals surface area contributed by atoms with Crippen molar-refractivity contribution in [3.8, 4) is 0 Å². The molecule has 0 heterocycles. The smallest absolute Gasteiger partial charge is 0.125 e. The minimum Gasteiger partial charge on any atom is -0.397 e. The van der Waals surface area contributed by atoms with Crippen molar-refractivity contribution in [3.05, 3.63) is 52.8 Å². The summed E-state index contributed by atoms with van der Waals surface area (Å²) in [5.41, 5.74) is 8.50. The number of benzene rings is 2. The van der Waals surface area contributed by atoms with Gasteiger partial charge in [-0.3, -0.25) is 0 Å². The SMILES string of the molecule is Cc1ccc(Nc2cc(F)ccc2N)c(Cl)c1. The first kappa shape index (κ1) is 11.7. The number of aryl methyl sites for hydroxylation is 1. The lowest BCUT2D eigenvalue weighted by Gasteiger charge is -2.11. The molecule has 0 aromatic heterocycles. The largest absolute Gasteiger partial charge is 0.397 e. The van der Waals surface area contributed by atoms with Gasteiger partial charge in [0.05, 0.1) is 22.1 Å². The molecule has 0 spiro atoms. The molecule has 4 heteroatoms. The fraction of sp³-hybridized carbons (Fsp3) is 0.0769. The first-order valence-corrected chi connectivity index (χ1v) is 5.52. The van der Waals surface area contributed by atoms with Crippen LogP contribution in [0.15, 0.2) is 36.4 Å². The molecule has 0 saturated heterocycles. The fourth-order valence-electron chi connectivity index (χ4n) is 1.50. The van der Waals surface area contributed by atoms with E-state index >= 15 is 0 Å². The fourth-order valence-corrected chi connectivity index (χ4v) is 1.79. The molecule has 2 aromatic carbocycles. The van der Waals surface area contributed by atoms with Gasteiger partial charge in [0.15, 0.2) is 0 Å². The lowest BCUT2D eigenvalue weighted by atomic mass is 10.2. The molecule has 0 aliphatic carbocycles. The molecule has 88 valence electrons. The Bertz CT molecular complexity index is 555. The van der Waals surface area contributed by atoms with Crippen LogP contribution in [0.25, 0.3) is 0 Å². The van der Waals surface area contributed by atoms with E-state index in [-0.39, 0.29) is 5.82 Å². The zero-order valence-electron chi connectivity index (χ0n) is 9.30. The highest BCUT2D eigenvalue weighted by Crippen LogP contribution is 2.29. The predicted molar refractivity (Wildman–Crippen MR) is 70.3 cm³/mol. The number of rotatable bonds is 2. The second-order valence-electron chi connectivity index (χ2n) is 3.84. The molecule has 3 N–H and O–H groups in total. The minimum absolute atomic E-state index is 0.343. The van der Waals surface area contributed by atoms with Crippen LogP contribution in [0, 0.1) is 12.7 Å². The van der Waals surface area contributed by atoms with E-state index in [0.29, 0.717) is 22.1 Å². The molecule has 0 aliphatic heterocycles. The summed E-state index contributed by atoms with van der Waals surface area (Å²) in [6.07, 6.45) is 0. The molecule has 2 nitrogen and oxygen atoms in total. The second-order valence-corrected chi connectivity index (χ2v) is 4.25. The van der Waals surface area contributed by atoms with Crippen LogP contribution < -0.4 is 11.1 Å². The first-order chi connectivity index (χ1) is 8.06. The van der Waals surface area contributed by atoms with E-state index in [9.17, 15) is 4.39 Å². The van der Waals surface area contributed by atoms with Gasteiger partial charge in [0.2, 0.25) is 0 Å². The number of nitrogens with one attached hydrogen (secondary N) is 1. The van der Waals surface area contributed by atoms with Crippen LogP contribution in [-0.2, 0) is 0 Å². The molecule has 0 atom stereocenters. The Balaban J connectivity index is 2.34. The molecular formula is C13H12ClFN2. The Morgan fingerprint density at radius 3 is 2.59 bits per heavy atom. The summed E-state index contributed by atoms with van der Waals surface area (Å²) in [6.45, 7) is 1.95. The highest BCUT2D eigenvalue weighted by atomic mass is 35.5. The molecule has 0 amide bonds. The summed E-state index contributed by atoms with van der Waals surface area (Å²) in [7, 11) is 0. The molecular weight excluding hydrogens is 239 g/mol. The number of anilines is 3. The van der Waals surface area contributed by atoms with Crippen molar-refractivity contribution in [1.82, 2.24) is 0 Å². The van der Waals surface area contributed by atoms with Crippen molar-refractivity contribution in [3.63, 3.8) is 0 Å². The van der Waals surface area contributed by atoms with E-state index in [2.05, 4.69) is 5.32 Å². The number of hydrogen-bond acceptors (Lipinski definition) is 2. The molecule has 0 saturated carbocycles. The van der Waals surface area contributed by atoms with Gasteiger partial charge in [-0.2, -0.15) is 0 Å². The number of nitrogens with two attached hydrogens (primary N) is 1. The van der Waals surface area contributed by atoms with Crippen LogP contribution in [0.3, 0.4) is 0 Å². The normalized spacial score (nSPS) is 10.3. The molecule has 0 unspecified atom stereocenters. The lowest BCUT2D eigenvalue weighted by Crippen LogP contribution is -1.97. The second kappa shape index (κ2) is 4.63. The Kier molecular flexibility index (Phi) is 3.20. The van der Waals surface area contributed by atoms with Gasteiger partial charge in [0.1, 0.15) is 5.82 Å². The molecule has 0 radical (unpaired) electrons. The molecule has 2 aromatic rings. The lowest BCUT2D eigenvalue weighted by molar-refractivity contribution is 0.628. The molecule has 2 rings (SSSR count). The summed E-state index contributed by atoms with van der Waals surface area (Å²) in [6, 6.07) is 9.76. The van der Waals surface area contributed by atoms with E-state index in [1.165, 1.54) is 18.2 Å². The molecule has 0 aliphatic rings. The van der Waals surface area contributed by atoms with Gasteiger partial charge in [-0.25, -0.2) is 4.39 Å². The van der Waals surface area contributed by atoms with Crippen LogP contribution in [0.4, 0.5) is 21.5 Å². The summed E-state index contributed by atoms with van der Waals surface area (Å²) in [5.74, 6) is -0.343. The highest BCUT2D eigenvalue weighted by molar-refractivity contribution is 6.33. The van der Waals surface area contributed by atoms with Gasteiger partial charge in [0, 0.05) is 0 Å². The van der Waals surface area contributed by atoms with Gasteiger partial charge in [-0.05, 0) is 42.8 Å². The van der Waals surface area contributed by atoms with Gasteiger partial charge < -0.3 is 11.1 Å². The summed E-state index contributed by atoms with van der Waals surface area (Å²) >= 11 is 6.07. The molecule has 0 bridgehead atoms. The van der Waals surface area contributed by atoms with Crippen molar-refractivity contribution < 1.29 is 4.39 Å². The first-order valence-electron chi connectivity index (χ1n) is 5.14. The van der Waals surface area contributed by atoms with Crippen LogP contribution in [0.1, 0.15) is 5.56 Å². The topological polar surface area (TPSA) is 38.0 Å². The Morgan fingerprint density at radius 2 is 1.88 bits per heavy atom. The third kappa shape index (κ3) is 2.68. The maximum Gasteiger partial charge on any atom is 0.125 e. The number of nitrogen functional groups attached to an aromatic ring is 1. The maximum atomic E-state index is 13.1. The maximum absolute atomic E-state index is 13.1. The third-order valence-electron chi connectivity index (χ3n) is 2.41. The van der Waals surface area contributed by atoms with E-state index < -0.39 is 0 Å². The van der Waals surface area contributed by atoms with Crippen molar-refractivity contribution in [1.29, 1.82) is 0 Å². The minimum atomic E-state index is -0.343. The standard InChI is InChI=1S/C13H12ClFN2/c1-8-2-5-12(10(14)6-8)17-13-7-9(15)3-4-11(13)16/h2-7,17H,16H2,1H3. The van der Waals surface area contributed by atoms with Crippen molar-refractivity contribution >= 4 is 28.7 Å². The average Bonchev–Trinajstić information content (AvgIpc) is 2.27. The van der Waals surface area contributed by atoms with Crippen LogP contribution in [0.5, 0.6) is 0 Å². The Hall–Kier alpha value is -1.74. The van der Waals surface area contributed by atoms with Crippen LogP contribution in [0.2, 0.25) is 5.02 Å². The van der Waals surface area contributed by atoms with Crippen LogP contribution in [-0.4, -0.2) is 0 Å². The van der Waals surface area contributed by atoms with Crippen molar-refractivity contribution in [2.45, 2.75) is 6.92 Å². The van der Waals surface area contributed by atoms with Crippen molar-refractivity contribution in [2.24, 2.45) is 0 Å². The molecule has 17 heavy (non-hydrogen) atoms. The quantitative estimate of drug-likeness (QED) is 0.787. The number of hydrogen-bond donors (Lipinski definition) is 2. The average molecular weight is 251 g/mol. The van der Waals surface area contributed by atoms with E-state index in [1.54, 1.807) is 0 Å². The Morgan fingerprint density at radius 1 is 1.12 bits per heavy atom. The van der Waals surface area contributed by atoms with Gasteiger partial charge >= 0.3 is 0 Å². The van der Waals surface area contributed by atoms with Gasteiger partial charge in [-0.1, -0.05) is 17.7 Å². The highest BCUT2D eigenvalue weighted by Gasteiger charge is 2.04. The summed E-state index contributed by atoms with van der Waals surface area (Å²) in [4.78, 5) is 0. The Labute approximate surface area is 104 Å². The van der Waals surface area contributed by atoms with E-state index in [4.69, 9.17) is 17.3 Å². The van der Waals surface area contributed by atoms with Crippen molar-refractivity contribution in [2.75, 3.05) is 11.1 Å². The monoisotopic (exact) mass is 250 g/mol. The summed E-state index contributed by atoms with van der Waals surface area (Å²) in [5, 5.41) is 3.59. The van der Waals surface area contributed by atoms with Crippen LogP contribution >= 0.6 is 11.6 Å². The third-order valence-corrected chi connectivity index (χ3v) is 2.72. The van der Waals surface area contributed by atoms with E-state index in [1.807, 2.05) is 25.1 Å². The van der Waals surface area contributed by atoms with E-state index in [0.717, 1.165) is 5.56 Å². The van der Waals surface area contributed by atoms with Gasteiger partial charge in [0.25, 0.3) is 0 Å². The summed E-state index contributed by atoms with van der Waals surface area (Å²) < 4.78 is 13.1. The van der Waals surface area contributed by atoms with Gasteiger partial charge in [-0.15, -0.1) is 0 Å². The molecule has 0 fully saturated rings. The zero-order valence-corrected chi connectivity index (χ0v) is 10.1. The number of halogens is 2. The zero-order chi connectivity index (χ0) is 12.4. The predicted octanol–water partition coefficient (Wildman–Crippen LogP) is 4.11.